The second-order valence-corrected chi connectivity index (χ2v) is 6.72. The number of hydrogen-bond acceptors (Lipinski definition) is 3. The number of hydrogen-bond donors (Lipinski definition) is 2. The Kier molecular flexibility index (Phi) is 6.17. The van der Waals surface area contributed by atoms with Crippen molar-refractivity contribution in [3.05, 3.63) is 22.8 Å². The Morgan fingerprint density at radius 3 is 2.59 bits per heavy atom. The van der Waals surface area contributed by atoms with Crippen molar-refractivity contribution in [2.45, 2.75) is 65.9 Å². The normalized spacial score (nSPS) is 25.0. The second kappa shape index (κ2) is 7.26. The highest BCUT2D eigenvalue weighted by Crippen LogP contribution is 2.46. The van der Waals surface area contributed by atoms with Crippen LogP contribution in [0.3, 0.4) is 0 Å². The highest BCUT2D eigenvalue weighted by atomic mass is 16.3. The van der Waals surface area contributed by atoms with Gasteiger partial charge in [0.05, 0.1) is 6.61 Å². The molecule has 0 amide bonds. The molecule has 1 atom stereocenters. The van der Waals surface area contributed by atoms with Crippen LogP contribution in [0.5, 0.6) is 0 Å². The van der Waals surface area contributed by atoms with Gasteiger partial charge in [0, 0.05) is 11.8 Å². The summed E-state index contributed by atoms with van der Waals surface area (Å²) >= 11 is 0. The van der Waals surface area contributed by atoms with E-state index in [1.54, 1.807) is 13.0 Å². The summed E-state index contributed by atoms with van der Waals surface area (Å²) in [4.78, 5) is 12.4. The van der Waals surface area contributed by atoms with Crippen molar-refractivity contribution < 1.29 is 15.0 Å². The smallest absolute Gasteiger partial charge is 0.159 e. The lowest BCUT2D eigenvalue weighted by molar-refractivity contribution is -0.122. The molecular formula is C19H28O3. The number of aliphatic hydroxyl groups excluding tert-OH is 1. The van der Waals surface area contributed by atoms with E-state index < -0.39 is 11.0 Å². The highest BCUT2D eigenvalue weighted by Gasteiger charge is 2.50. The fourth-order valence-electron chi connectivity index (χ4n) is 2.89. The Balaban J connectivity index is 3.35. The zero-order valence-electron chi connectivity index (χ0n) is 14.4. The van der Waals surface area contributed by atoms with Crippen LogP contribution in [0.1, 0.15) is 60.3 Å². The van der Waals surface area contributed by atoms with Gasteiger partial charge in [0.1, 0.15) is 0 Å². The van der Waals surface area contributed by atoms with Gasteiger partial charge in [0.2, 0.25) is 0 Å². The average molecular weight is 304 g/mol. The Morgan fingerprint density at radius 1 is 1.41 bits per heavy atom. The molecule has 0 fully saturated rings. The van der Waals surface area contributed by atoms with Gasteiger partial charge in [-0.3, -0.25) is 4.79 Å². The Labute approximate surface area is 134 Å². The lowest BCUT2D eigenvalue weighted by Crippen LogP contribution is -2.50. The maximum atomic E-state index is 12.4. The van der Waals surface area contributed by atoms with Gasteiger partial charge in [0.25, 0.3) is 0 Å². The molecule has 0 aromatic heterocycles. The van der Waals surface area contributed by atoms with Gasteiger partial charge in [-0.05, 0) is 49.5 Å². The summed E-state index contributed by atoms with van der Waals surface area (Å²) < 4.78 is 0. The van der Waals surface area contributed by atoms with Crippen molar-refractivity contribution in [3.8, 4) is 11.8 Å². The molecule has 1 aliphatic rings. The van der Waals surface area contributed by atoms with E-state index in [1.807, 2.05) is 20.8 Å². The molecule has 0 aliphatic heterocycles. The van der Waals surface area contributed by atoms with Crippen LogP contribution in [0.25, 0.3) is 0 Å². The SMILES string of the molecule is CCCCC1=C(C)C(O)(C#CC(C)=CCO)C(C)(C)CC1=O. The van der Waals surface area contributed by atoms with Crippen molar-refractivity contribution in [2.24, 2.45) is 5.41 Å². The molecule has 22 heavy (non-hydrogen) atoms. The molecule has 0 spiro atoms. The first-order chi connectivity index (χ1) is 10.2. The third-order valence-electron chi connectivity index (χ3n) is 4.53. The highest BCUT2D eigenvalue weighted by molar-refractivity contribution is 5.98. The van der Waals surface area contributed by atoms with Crippen LogP contribution in [0, 0.1) is 17.3 Å². The third-order valence-corrected chi connectivity index (χ3v) is 4.53. The minimum atomic E-state index is -1.31. The van der Waals surface area contributed by atoms with Crippen LogP contribution in [0.2, 0.25) is 0 Å². The number of unbranched alkanes of at least 4 members (excludes halogenated alkanes) is 1. The quantitative estimate of drug-likeness (QED) is 0.784. The number of ketones is 1. The lowest BCUT2D eigenvalue weighted by Gasteiger charge is -2.44. The predicted molar refractivity (Wildman–Crippen MR) is 89.2 cm³/mol. The average Bonchev–Trinajstić information content (AvgIpc) is 2.43. The van der Waals surface area contributed by atoms with Gasteiger partial charge < -0.3 is 10.2 Å². The van der Waals surface area contributed by atoms with Crippen LogP contribution in [-0.4, -0.2) is 28.2 Å². The zero-order chi connectivity index (χ0) is 17.0. The second-order valence-electron chi connectivity index (χ2n) is 6.72. The first kappa shape index (κ1) is 18.7. The number of aliphatic hydroxyl groups is 2. The van der Waals surface area contributed by atoms with Gasteiger partial charge in [-0.1, -0.05) is 39.0 Å². The molecular weight excluding hydrogens is 276 g/mol. The van der Waals surface area contributed by atoms with Gasteiger partial charge in [-0.15, -0.1) is 0 Å². The lowest BCUT2D eigenvalue weighted by atomic mass is 9.62. The molecule has 0 aromatic rings. The number of Topliss-reactive ketones (excluding diaryl/α,β-unsaturated/α-hetero) is 1. The molecule has 2 N–H and O–H groups in total. The van der Waals surface area contributed by atoms with Gasteiger partial charge in [-0.25, -0.2) is 0 Å². The zero-order valence-corrected chi connectivity index (χ0v) is 14.4. The monoisotopic (exact) mass is 304 g/mol. The topological polar surface area (TPSA) is 57.5 Å². The molecule has 0 bridgehead atoms. The van der Waals surface area contributed by atoms with E-state index in [4.69, 9.17) is 5.11 Å². The number of allylic oxidation sites excluding steroid dienone is 2. The minimum Gasteiger partial charge on any atom is -0.392 e. The predicted octanol–water partition coefficient (Wildman–Crippen LogP) is 3.17. The maximum Gasteiger partial charge on any atom is 0.159 e. The van der Waals surface area contributed by atoms with Crippen molar-refractivity contribution in [1.29, 1.82) is 0 Å². The summed E-state index contributed by atoms with van der Waals surface area (Å²) in [7, 11) is 0. The molecule has 1 unspecified atom stereocenters. The van der Waals surface area contributed by atoms with Crippen LogP contribution in [0.4, 0.5) is 0 Å². The Hall–Kier alpha value is -1.37. The van der Waals surface area contributed by atoms with E-state index in [0.717, 1.165) is 18.4 Å². The molecule has 3 nitrogen and oxygen atoms in total. The van der Waals surface area contributed by atoms with Crippen LogP contribution >= 0.6 is 0 Å². The van der Waals surface area contributed by atoms with Crippen molar-refractivity contribution in [2.75, 3.05) is 6.61 Å². The van der Waals surface area contributed by atoms with E-state index in [1.165, 1.54) is 0 Å². The van der Waals surface area contributed by atoms with Gasteiger partial charge >= 0.3 is 0 Å². The fraction of sp³-hybridized carbons (Fsp3) is 0.632. The molecule has 1 aliphatic carbocycles. The van der Waals surface area contributed by atoms with Crippen LogP contribution in [-0.2, 0) is 4.79 Å². The van der Waals surface area contributed by atoms with Crippen LogP contribution < -0.4 is 0 Å². The molecule has 0 saturated carbocycles. The first-order valence-electron chi connectivity index (χ1n) is 7.96. The van der Waals surface area contributed by atoms with Crippen LogP contribution in [0.15, 0.2) is 22.8 Å². The van der Waals surface area contributed by atoms with Gasteiger partial charge in [0.15, 0.2) is 11.4 Å². The largest absolute Gasteiger partial charge is 0.392 e. The number of carbonyl (C=O) groups excluding carboxylic acids is 1. The van der Waals surface area contributed by atoms with E-state index in [0.29, 0.717) is 24.0 Å². The molecule has 0 heterocycles. The van der Waals surface area contributed by atoms with Crippen molar-refractivity contribution >= 4 is 5.78 Å². The molecule has 1 rings (SSSR count). The van der Waals surface area contributed by atoms with Crippen molar-refractivity contribution in [1.82, 2.24) is 0 Å². The maximum absolute atomic E-state index is 12.4. The molecule has 3 heteroatoms. The Bertz CT molecular complexity index is 555. The fourth-order valence-corrected chi connectivity index (χ4v) is 2.89. The summed E-state index contributed by atoms with van der Waals surface area (Å²) in [6, 6.07) is 0. The summed E-state index contributed by atoms with van der Waals surface area (Å²) in [6.45, 7) is 9.39. The summed E-state index contributed by atoms with van der Waals surface area (Å²) in [5, 5.41) is 20.1. The summed E-state index contributed by atoms with van der Waals surface area (Å²) in [5.74, 6) is 6.02. The molecule has 0 aromatic carbocycles. The number of rotatable bonds is 4. The summed E-state index contributed by atoms with van der Waals surface area (Å²) in [5.41, 5.74) is 0.199. The molecule has 0 saturated heterocycles. The van der Waals surface area contributed by atoms with Crippen molar-refractivity contribution in [3.63, 3.8) is 0 Å². The first-order valence-corrected chi connectivity index (χ1v) is 7.96. The van der Waals surface area contributed by atoms with Gasteiger partial charge in [-0.2, -0.15) is 0 Å². The van der Waals surface area contributed by atoms with E-state index in [-0.39, 0.29) is 12.4 Å². The summed E-state index contributed by atoms with van der Waals surface area (Å²) in [6.07, 6.45) is 4.56. The number of carbonyl (C=O) groups is 1. The standard InChI is InChI=1S/C19H28O3/c1-6-7-8-16-15(3)19(22,11-9-14(2)10-12-20)18(4,5)13-17(16)21/h10,20,22H,6-8,12-13H2,1-5H3. The van der Waals surface area contributed by atoms with E-state index in [9.17, 15) is 9.90 Å². The minimum absolute atomic E-state index is 0.0720. The van der Waals surface area contributed by atoms with E-state index >= 15 is 0 Å². The molecule has 0 radical (unpaired) electrons. The van der Waals surface area contributed by atoms with E-state index in [2.05, 4.69) is 18.8 Å². The molecule has 122 valence electrons. The third kappa shape index (κ3) is 3.69. The Morgan fingerprint density at radius 2 is 2.05 bits per heavy atom.